The van der Waals surface area contributed by atoms with E-state index in [0.717, 1.165) is 5.56 Å². The quantitative estimate of drug-likeness (QED) is 0.467. The zero-order chi connectivity index (χ0) is 16.6. The molecule has 9 heteroatoms. The molecule has 126 valence electrons. The molecule has 1 aliphatic heterocycles. The molecular formula is C14H20N4O5. The Hall–Kier alpha value is -1.94. The van der Waals surface area contributed by atoms with Gasteiger partial charge in [-0.05, 0) is 18.4 Å². The van der Waals surface area contributed by atoms with Crippen LogP contribution in [0.15, 0.2) is 11.0 Å². The molecule has 0 aromatic carbocycles. The Labute approximate surface area is 131 Å². The van der Waals surface area contributed by atoms with Gasteiger partial charge < -0.3 is 30.4 Å². The van der Waals surface area contributed by atoms with Gasteiger partial charge in [0.1, 0.15) is 12.3 Å². The number of aromatic nitrogens is 3. The molecule has 3 atom stereocenters. The lowest BCUT2D eigenvalue weighted by molar-refractivity contribution is -0.0430. The van der Waals surface area contributed by atoms with Gasteiger partial charge in [0.25, 0.3) is 5.56 Å². The number of anilines is 1. The smallest absolute Gasteiger partial charge is 0.262 e. The highest BCUT2D eigenvalue weighted by Crippen LogP contribution is 2.32. The highest BCUT2D eigenvalue weighted by molar-refractivity contribution is 5.80. The van der Waals surface area contributed by atoms with Crippen LogP contribution in [0.25, 0.3) is 11.0 Å². The van der Waals surface area contributed by atoms with Crippen LogP contribution in [-0.2, 0) is 11.2 Å². The largest absolute Gasteiger partial charge is 0.396 e. The van der Waals surface area contributed by atoms with Crippen molar-refractivity contribution in [3.05, 3.63) is 22.1 Å². The summed E-state index contributed by atoms with van der Waals surface area (Å²) in [4.78, 5) is 18.9. The summed E-state index contributed by atoms with van der Waals surface area (Å²) < 4.78 is 7.29. The van der Waals surface area contributed by atoms with Gasteiger partial charge in [0.2, 0.25) is 5.95 Å². The average molecular weight is 324 g/mol. The van der Waals surface area contributed by atoms with Gasteiger partial charge in [-0.1, -0.05) is 0 Å². The maximum atomic E-state index is 12.2. The molecule has 1 aliphatic rings. The number of aliphatic hydroxyl groups is 3. The molecule has 9 nitrogen and oxygen atoms in total. The summed E-state index contributed by atoms with van der Waals surface area (Å²) in [6.45, 7) is -0.275. The summed E-state index contributed by atoms with van der Waals surface area (Å²) in [7, 11) is 0. The molecule has 0 radical (unpaired) electrons. The lowest BCUT2D eigenvalue weighted by Crippen LogP contribution is -2.24. The Morgan fingerprint density at radius 2 is 2.26 bits per heavy atom. The minimum absolute atomic E-state index is 0.00666. The predicted molar refractivity (Wildman–Crippen MR) is 81.8 cm³/mol. The third-order valence-electron chi connectivity index (χ3n) is 4.08. The van der Waals surface area contributed by atoms with Crippen molar-refractivity contribution in [1.29, 1.82) is 0 Å². The van der Waals surface area contributed by atoms with Gasteiger partial charge in [-0.15, -0.1) is 0 Å². The second-order valence-corrected chi connectivity index (χ2v) is 5.65. The van der Waals surface area contributed by atoms with E-state index >= 15 is 0 Å². The minimum atomic E-state index is -0.789. The first-order valence-corrected chi connectivity index (χ1v) is 7.49. The van der Waals surface area contributed by atoms with E-state index in [1.54, 1.807) is 10.8 Å². The van der Waals surface area contributed by atoms with Crippen molar-refractivity contribution in [3.8, 4) is 0 Å². The van der Waals surface area contributed by atoms with E-state index in [0.29, 0.717) is 23.9 Å². The SMILES string of the molecule is Nc1nc2c(c(CCCO)cn2[C@H]2C[C@H](O)[C@@H](CO)O2)c(=O)[nH]1. The first-order chi connectivity index (χ1) is 11.0. The highest BCUT2D eigenvalue weighted by atomic mass is 16.5. The molecule has 6 N–H and O–H groups in total. The fourth-order valence-corrected chi connectivity index (χ4v) is 2.98. The third kappa shape index (κ3) is 2.83. The Balaban J connectivity index is 2.08. The Bertz CT molecular complexity index is 755. The first-order valence-electron chi connectivity index (χ1n) is 7.49. The molecule has 2 aromatic rings. The van der Waals surface area contributed by atoms with Crippen LogP contribution in [0.4, 0.5) is 5.95 Å². The van der Waals surface area contributed by atoms with Crippen molar-refractivity contribution >= 4 is 17.0 Å². The number of hydrogen-bond acceptors (Lipinski definition) is 7. The van der Waals surface area contributed by atoms with Crippen LogP contribution < -0.4 is 11.3 Å². The minimum Gasteiger partial charge on any atom is -0.396 e. The molecule has 0 spiro atoms. The van der Waals surface area contributed by atoms with Crippen LogP contribution in [0.5, 0.6) is 0 Å². The van der Waals surface area contributed by atoms with Crippen LogP contribution >= 0.6 is 0 Å². The van der Waals surface area contributed by atoms with E-state index in [4.69, 9.17) is 15.6 Å². The van der Waals surface area contributed by atoms with Crippen LogP contribution in [-0.4, -0.2) is 55.3 Å². The van der Waals surface area contributed by atoms with E-state index in [2.05, 4.69) is 9.97 Å². The van der Waals surface area contributed by atoms with E-state index in [9.17, 15) is 15.0 Å². The molecule has 0 unspecified atom stereocenters. The van der Waals surface area contributed by atoms with Crippen LogP contribution in [0.3, 0.4) is 0 Å². The van der Waals surface area contributed by atoms with Gasteiger partial charge in [-0.3, -0.25) is 9.78 Å². The molecule has 23 heavy (non-hydrogen) atoms. The third-order valence-corrected chi connectivity index (χ3v) is 4.08. The number of nitrogens with zero attached hydrogens (tertiary/aromatic N) is 2. The summed E-state index contributed by atoms with van der Waals surface area (Å²) in [6.07, 6.45) is 1.03. The molecule has 1 fully saturated rings. The average Bonchev–Trinajstić information content (AvgIpc) is 3.05. The highest BCUT2D eigenvalue weighted by Gasteiger charge is 2.35. The predicted octanol–water partition coefficient (Wildman–Crippen LogP) is -1.13. The maximum absolute atomic E-state index is 12.2. The van der Waals surface area contributed by atoms with Gasteiger partial charge in [-0.25, -0.2) is 0 Å². The van der Waals surface area contributed by atoms with Crippen molar-refractivity contribution in [2.24, 2.45) is 0 Å². The van der Waals surface area contributed by atoms with Crippen molar-refractivity contribution in [1.82, 2.24) is 14.5 Å². The summed E-state index contributed by atoms with van der Waals surface area (Å²) in [5, 5.41) is 28.5. The number of aliphatic hydroxyl groups excluding tert-OH is 3. The summed E-state index contributed by atoms with van der Waals surface area (Å²) in [5.41, 5.74) is 6.38. The first kappa shape index (κ1) is 15.9. The van der Waals surface area contributed by atoms with Gasteiger partial charge in [0.05, 0.1) is 18.1 Å². The fourth-order valence-electron chi connectivity index (χ4n) is 2.98. The van der Waals surface area contributed by atoms with Crippen LogP contribution in [0, 0.1) is 0 Å². The Kier molecular flexibility index (Phi) is 4.35. The number of rotatable bonds is 5. The number of nitrogens with two attached hydrogens (primary N) is 1. The number of nitrogen functional groups attached to an aromatic ring is 1. The zero-order valence-electron chi connectivity index (χ0n) is 12.5. The molecule has 2 aromatic heterocycles. The number of H-pyrrole nitrogens is 1. The lowest BCUT2D eigenvalue weighted by Gasteiger charge is -2.14. The second-order valence-electron chi connectivity index (χ2n) is 5.65. The maximum Gasteiger partial charge on any atom is 0.262 e. The monoisotopic (exact) mass is 324 g/mol. The van der Waals surface area contributed by atoms with Crippen molar-refractivity contribution in [2.45, 2.75) is 37.7 Å². The summed E-state index contributed by atoms with van der Waals surface area (Å²) in [5.74, 6) is -0.00666. The number of aromatic amines is 1. The molecule has 0 bridgehead atoms. The van der Waals surface area contributed by atoms with E-state index in [1.165, 1.54) is 0 Å². The molecule has 0 amide bonds. The topological polar surface area (TPSA) is 147 Å². The number of nitrogens with one attached hydrogen (secondary N) is 1. The van der Waals surface area contributed by atoms with E-state index in [-0.39, 0.29) is 31.1 Å². The standard InChI is InChI=1S/C14H20N4O5/c15-14-16-12-11(13(22)17-14)7(2-1-3-19)5-18(12)10-4-8(21)9(6-20)23-10/h5,8-10,19-21H,1-4,6H2,(H3,15,16,17,22)/t8-,9+,10+/m0/s1. The van der Waals surface area contributed by atoms with Gasteiger partial charge in [0.15, 0.2) is 5.65 Å². The summed E-state index contributed by atoms with van der Waals surface area (Å²) in [6, 6.07) is 0. The fraction of sp³-hybridized carbons (Fsp3) is 0.571. The van der Waals surface area contributed by atoms with Gasteiger partial charge >= 0.3 is 0 Å². The normalized spacial score (nSPS) is 24.6. The number of aryl methyl sites for hydroxylation is 1. The van der Waals surface area contributed by atoms with E-state index in [1.807, 2.05) is 0 Å². The number of hydrogen-bond donors (Lipinski definition) is 5. The molecule has 3 rings (SSSR count). The van der Waals surface area contributed by atoms with Crippen molar-refractivity contribution in [2.75, 3.05) is 18.9 Å². The van der Waals surface area contributed by atoms with Crippen molar-refractivity contribution in [3.63, 3.8) is 0 Å². The van der Waals surface area contributed by atoms with Gasteiger partial charge in [-0.2, -0.15) is 4.98 Å². The lowest BCUT2D eigenvalue weighted by atomic mass is 10.1. The zero-order valence-corrected chi connectivity index (χ0v) is 12.5. The van der Waals surface area contributed by atoms with Gasteiger partial charge in [0, 0.05) is 19.2 Å². The number of fused-ring (bicyclic) bond motifs is 1. The second kappa shape index (κ2) is 6.28. The van der Waals surface area contributed by atoms with E-state index < -0.39 is 18.4 Å². The molecule has 3 heterocycles. The van der Waals surface area contributed by atoms with Crippen molar-refractivity contribution < 1.29 is 20.1 Å². The Morgan fingerprint density at radius 1 is 1.48 bits per heavy atom. The molecule has 1 saturated heterocycles. The number of ether oxygens (including phenoxy) is 1. The van der Waals surface area contributed by atoms with Crippen LogP contribution in [0.1, 0.15) is 24.6 Å². The summed E-state index contributed by atoms with van der Waals surface area (Å²) >= 11 is 0. The molecular weight excluding hydrogens is 304 g/mol. The van der Waals surface area contributed by atoms with Crippen LogP contribution in [0.2, 0.25) is 0 Å². The molecule has 0 saturated carbocycles. The molecule has 0 aliphatic carbocycles. The Morgan fingerprint density at radius 3 is 2.91 bits per heavy atom.